The third-order valence-electron chi connectivity index (χ3n) is 3.92. The lowest BCUT2D eigenvalue weighted by atomic mass is 10.0. The summed E-state index contributed by atoms with van der Waals surface area (Å²) in [7, 11) is 0. The molecule has 0 aromatic heterocycles. The van der Waals surface area contributed by atoms with Gasteiger partial charge in [-0.2, -0.15) is 0 Å². The largest absolute Gasteiger partial charge is 0.356 e. The minimum absolute atomic E-state index is 0.00993. The van der Waals surface area contributed by atoms with Crippen molar-refractivity contribution in [1.29, 1.82) is 5.41 Å². The van der Waals surface area contributed by atoms with Gasteiger partial charge >= 0.3 is 0 Å². The second-order valence-corrected chi connectivity index (χ2v) is 4.85. The summed E-state index contributed by atoms with van der Waals surface area (Å²) >= 11 is 0. The SMILES string of the molecule is N=C(NO)c1cccc2c1CC[C@@H]2N1CCOC1O. The highest BCUT2D eigenvalue weighted by Gasteiger charge is 2.36. The van der Waals surface area contributed by atoms with Crippen molar-refractivity contribution in [3.63, 3.8) is 0 Å². The van der Waals surface area contributed by atoms with E-state index in [1.807, 2.05) is 28.6 Å². The molecule has 2 aliphatic rings. The molecule has 2 atom stereocenters. The number of amidine groups is 1. The summed E-state index contributed by atoms with van der Waals surface area (Å²) in [5, 5.41) is 26.4. The molecule has 1 aliphatic carbocycles. The van der Waals surface area contributed by atoms with E-state index in [1.165, 1.54) is 0 Å². The molecule has 1 aromatic carbocycles. The maximum atomic E-state index is 9.81. The molecule has 1 unspecified atom stereocenters. The van der Waals surface area contributed by atoms with Gasteiger partial charge in [0.25, 0.3) is 0 Å². The molecule has 6 nitrogen and oxygen atoms in total. The molecular formula is C13H17N3O3. The number of hydrogen-bond acceptors (Lipinski definition) is 5. The van der Waals surface area contributed by atoms with Crippen LogP contribution in [0.2, 0.25) is 0 Å². The Balaban J connectivity index is 1.95. The Morgan fingerprint density at radius 3 is 3.00 bits per heavy atom. The van der Waals surface area contributed by atoms with Gasteiger partial charge < -0.3 is 9.84 Å². The number of benzene rings is 1. The van der Waals surface area contributed by atoms with Crippen LogP contribution in [0, 0.1) is 5.41 Å². The Bertz CT molecular complexity index is 506. The standard InChI is InChI=1S/C13H17N3O3/c14-12(15-18)10-3-1-2-9-8(10)4-5-11(9)16-6-7-19-13(16)17/h1-3,11,13,17-18H,4-7H2,(H2,14,15)/t11-,13?/m0/s1. The van der Waals surface area contributed by atoms with Gasteiger partial charge in [-0.25, -0.2) is 4.90 Å². The number of aliphatic hydroxyl groups is 1. The van der Waals surface area contributed by atoms with Crippen molar-refractivity contribution >= 4 is 5.84 Å². The second kappa shape index (κ2) is 4.90. The van der Waals surface area contributed by atoms with Crippen molar-refractivity contribution in [3.8, 4) is 0 Å². The molecule has 6 heteroatoms. The molecule has 0 radical (unpaired) electrons. The maximum Gasteiger partial charge on any atom is 0.216 e. The molecular weight excluding hydrogens is 246 g/mol. The molecule has 0 amide bonds. The lowest BCUT2D eigenvalue weighted by Crippen LogP contribution is -2.33. The van der Waals surface area contributed by atoms with Gasteiger partial charge in [-0.15, -0.1) is 0 Å². The summed E-state index contributed by atoms with van der Waals surface area (Å²) in [4.78, 5) is 1.94. The third kappa shape index (κ3) is 2.02. The van der Waals surface area contributed by atoms with E-state index in [0.717, 1.165) is 29.5 Å². The molecule has 4 N–H and O–H groups in total. The normalized spacial score (nSPS) is 26.4. The fourth-order valence-corrected chi connectivity index (χ4v) is 3.05. The summed E-state index contributed by atoms with van der Waals surface area (Å²) in [5.41, 5.74) is 4.80. The van der Waals surface area contributed by atoms with Gasteiger partial charge in [-0.3, -0.25) is 16.1 Å². The number of fused-ring (bicyclic) bond motifs is 1. The number of rotatable bonds is 2. The average Bonchev–Trinajstić information content (AvgIpc) is 3.03. The fraction of sp³-hybridized carbons (Fsp3) is 0.462. The second-order valence-electron chi connectivity index (χ2n) is 4.85. The number of nitrogens with zero attached hydrogens (tertiary/aromatic N) is 1. The van der Waals surface area contributed by atoms with Crippen LogP contribution in [0.15, 0.2) is 18.2 Å². The summed E-state index contributed by atoms with van der Waals surface area (Å²) in [6.07, 6.45) is 0.893. The lowest BCUT2D eigenvalue weighted by Gasteiger charge is -2.26. The third-order valence-corrected chi connectivity index (χ3v) is 3.92. The van der Waals surface area contributed by atoms with E-state index in [4.69, 9.17) is 15.4 Å². The van der Waals surface area contributed by atoms with Crippen LogP contribution in [-0.2, 0) is 11.2 Å². The fourth-order valence-electron chi connectivity index (χ4n) is 3.05. The number of ether oxygens (including phenoxy) is 1. The highest BCUT2D eigenvalue weighted by Crippen LogP contribution is 2.39. The van der Waals surface area contributed by atoms with Crippen LogP contribution in [0.5, 0.6) is 0 Å². The molecule has 1 aromatic rings. The first-order valence-corrected chi connectivity index (χ1v) is 6.38. The summed E-state index contributed by atoms with van der Waals surface area (Å²) in [6, 6.07) is 5.84. The van der Waals surface area contributed by atoms with Crippen molar-refractivity contribution in [2.75, 3.05) is 13.2 Å². The number of aliphatic hydroxyl groups excluding tert-OH is 1. The Hall–Kier alpha value is -1.47. The molecule has 0 saturated carbocycles. The molecule has 1 saturated heterocycles. The van der Waals surface area contributed by atoms with Crippen LogP contribution in [0.25, 0.3) is 0 Å². The van der Waals surface area contributed by atoms with Crippen LogP contribution in [0.4, 0.5) is 0 Å². The van der Waals surface area contributed by atoms with Crippen LogP contribution in [0.3, 0.4) is 0 Å². The lowest BCUT2D eigenvalue weighted by molar-refractivity contribution is -0.146. The maximum absolute atomic E-state index is 9.81. The molecule has 0 bridgehead atoms. The van der Waals surface area contributed by atoms with E-state index in [9.17, 15) is 5.11 Å². The van der Waals surface area contributed by atoms with Crippen molar-refractivity contribution in [1.82, 2.24) is 10.4 Å². The number of hydrogen-bond donors (Lipinski definition) is 4. The highest BCUT2D eigenvalue weighted by molar-refractivity contribution is 5.97. The van der Waals surface area contributed by atoms with Crippen molar-refractivity contribution in [2.24, 2.45) is 0 Å². The van der Waals surface area contributed by atoms with Crippen LogP contribution in [-0.4, -0.2) is 40.6 Å². The molecule has 1 aliphatic heterocycles. The van der Waals surface area contributed by atoms with Gasteiger partial charge in [0.15, 0.2) is 0 Å². The summed E-state index contributed by atoms with van der Waals surface area (Å²) in [5.74, 6) is 0.00993. The van der Waals surface area contributed by atoms with Gasteiger partial charge in [-0.1, -0.05) is 18.2 Å². The molecule has 1 heterocycles. The van der Waals surface area contributed by atoms with Gasteiger partial charge in [0.2, 0.25) is 6.41 Å². The summed E-state index contributed by atoms with van der Waals surface area (Å²) < 4.78 is 5.18. The van der Waals surface area contributed by atoms with Crippen molar-refractivity contribution in [3.05, 3.63) is 34.9 Å². The van der Waals surface area contributed by atoms with Gasteiger partial charge in [0, 0.05) is 18.2 Å². The first-order valence-electron chi connectivity index (χ1n) is 6.38. The minimum Gasteiger partial charge on any atom is -0.356 e. The van der Waals surface area contributed by atoms with E-state index in [-0.39, 0.29) is 11.9 Å². The van der Waals surface area contributed by atoms with E-state index >= 15 is 0 Å². The quantitative estimate of drug-likeness (QED) is 0.356. The van der Waals surface area contributed by atoms with Crippen LogP contribution < -0.4 is 5.48 Å². The zero-order valence-corrected chi connectivity index (χ0v) is 10.5. The average molecular weight is 263 g/mol. The topological polar surface area (TPSA) is 88.8 Å². The smallest absolute Gasteiger partial charge is 0.216 e. The summed E-state index contributed by atoms with van der Waals surface area (Å²) in [6.45, 7) is 1.26. The Labute approximate surface area is 111 Å². The Kier molecular flexibility index (Phi) is 3.24. The van der Waals surface area contributed by atoms with E-state index in [0.29, 0.717) is 13.2 Å². The predicted molar refractivity (Wildman–Crippen MR) is 67.9 cm³/mol. The predicted octanol–water partition coefficient (Wildman–Crippen LogP) is 0.586. The highest BCUT2D eigenvalue weighted by atomic mass is 16.6. The van der Waals surface area contributed by atoms with Crippen molar-refractivity contribution in [2.45, 2.75) is 25.3 Å². The number of nitrogens with one attached hydrogen (secondary N) is 2. The van der Waals surface area contributed by atoms with Crippen LogP contribution in [0.1, 0.15) is 29.2 Å². The molecule has 102 valence electrons. The minimum atomic E-state index is -0.838. The van der Waals surface area contributed by atoms with E-state index in [2.05, 4.69) is 0 Å². The van der Waals surface area contributed by atoms with Gasteiger partial charge in [-0.05, 0) is 24.0 Å². The monoisotopic (exact) mass is 263 g/mol. The van der Waals surface area contributed by atoms with Gasteiger partial charge in [0.05, 0.1) is 6.61 Å². The molecule has 0 spiro atoms. The molecule has 19 heavy (non-hydrogen) atoms. The Morgan fingerprint density at radius 1 is 1.47 bits per heavy atom. The zero-order valence-electron chi connectivity index (χ0n) is 10.5. The van der Waals surface area contributed by atoms with Crippen molar-refractivity contribution < 1.29 is 15.1 Å². The van der Waals surface area contributed by atoms with Gasteiger partial charge in [0.1, 0.15) is 5.84 Å². The Morgan fingerprint density at radius 2 is 2.32 bits per heavy atom. The number of hydroxylamine groups is 1. The zero-order chi connectivity index (χ0) is 13.4. The van der Waals surface area contributed by atoms with Crippen LogP contribution >= 0.6 is 0 Å². The first kappa shape index (κ1) is 12.6. The van der Waals surface area contributed by atoms with E-state index in [1.54, 1.807) is 0 Å². The molecule has 1 fully saturated rings. The first-order chi connectivity index (χ1) is 9.22. The van der Waals surface area contributed by atoms with E-state index < -0.39 is 6.41 Å². The molecule has 3 rings (SSSR count).